The molecule has 0 saturated carbocycles. The maximum atomic E-state index is 12.4. The first kappa shape index (κ1) is 20.8. The maximum Gasteiger partial charge on any atom is 0.185 e. The van der Waals surface area contributed by atoms with Gasteiger partial charge in [0.2, 0.25) is 0 Å². The fourth-order valence-electron chi connectivity index (χ4n) is 2.52. The molecular weight excluding hydrogens is 405 g/mol. The minimum absolute atomic E-state index is 0.126. The number of hydrogen-bond acceptors (Lipinski definition) is 4. The zero-order valence-electron chi connectivity index (χ0n) is 16.0. The number of allylic oxidation sites excluding steroid dienone is 1. The van der Waals surface area contributed by atoms with Gasteiger partial charge in [0.15, 0.2) is 5.78 Å². The van der Waals surface area contributed by atoms with Crippen molar-refractivity contribution in [2.24, 2.45) is 10.2 Å². The third-order valence-electron chi connectivity index (χ3n) is 4.18. The second kappa shape index (κ2) is 9.50. The van der Waals surface area contributed by atoms with Crippen LogP contribution in [-0.4, -0.2) is 19.9 Å². The summed E-state index contributed by atoms with van der Waals surface area (Å²) in [6.07, 6.45) is 3.16. The van der Waals surface area contributed by atoms with Crippen molar-refractivity contribution < 1.29 is 4.79 Å². The number of nitrogens with zero attached hydrogens (tertiary/aromatic N) is 3. The number of benzene rings is 3. The Morgan fingerprint density at radius 1 is 0.862 bits per heavy atom. The number of anilines is 1. The first-order chi connectivity index (χ1) is 13.9. The average molecular weight is 424 g/mol. The predicted molar refractivity (Wildman–Crippen MR) is 121 cm³/mol. The second-order valence-corrected chi connectivity index (χ2v) is 7.36. The van der Waals surface area contributed by atoms with E-state index in [-0.39, 0.29) is 5.78 Å². The van der Waals surface area contributed by atoms with Crippen molar-refractivity contribution in [1.82, 2.24) is 0 Å². The van der Waals surface area contributed by atoms with Gasteiger partial charge in [0, 0.05) is 35.4 Å². The molecule has 3 rings (SSSR count). The Kier molecular flexibility index (Phi) is 6.81. The molecule has 0 N–H and O–H groups in total. The quantitative estimate of drug-likeness (QED) is 0.236. The third-order valence-corrected chi connectivity index (χ3v) is 4.74. The number of ketones is 1. The Hall–Kier alpha value is -2.95. The lowest BCUT2D eigenvalue weighted by Crippen LogP contribution is -2.07. The van der Waals surface area contributed by atoms with Crippen molar-refractivity contribution in [2.75, 3.05) is 19.0 Å². The van der Waals surface area contributed by atoms with Gasteiger partial charge < -0.3 is 4.90 Å². The molecule has 0 aromatic heterocycles. The highest BCUT2D eigenvalue weighted by molar-refractivity contribution is 6.35. The van der Waals surface area contributed by atoms with Crippen LogP contribution in [0.5, 0.6) is 0 Å². The van der Waals surface area contributed by atoms with Gasteiger partial charge in [0.05, 0.1) is 11.4 Å². The molecule has 29 heavy (non-hydrogen) atoms. The number of hydrogen-bond donors (Lipinski definition) is 0. The van der Waals surface area contributed by atoms with E-state index < -0.39 is 0 Å². The maximum absolute atomic E-state index is 12.4. The molecule has 3 aromatic carbocycles. The van der Waals surface area contributed by atoms with Crippen LogP contribution in [0.4, 0.5) is 17.1 Å². The minimum atomic E-state index is -0.126. The van der Waals surface area contributed by atoms with Gasteiger partial charge in [-0.3, -0.25) is 4.79 Å². The lowest BCUT2D eigenvalue weighted by Gasteiger charge is -2.11. The zero-order chi connectivity index (χ0) is 20.8. The summed E-state index contributed by atoms with van der Waals surface area (Å²) in [7, 11) is 3.97. The standard InChI is InChI=1S/C23H19Cl2N3O/c1-28(2)21-12-10-20(11-13-21)27-26-19-8-4-17(5-9-19)23(29)14-6-16-3-7-18(24)15-22(16)25/h3-15H,1-2H3/b14-6+,27-26?. The topological polar surface area (TPSA) is 45.0 Å². The molecule has 6 heteroatoms. The van der Waals surface area contributed by atoms with Gasteiger partial charge in [-0.25, -0.2) is 0 Å². The van der Waals surface area contributed by atoms with Crippen molar-refractivity contribution in [3.63, 3.8) is 0 Å². The van der Waals surface area contributed by atoms with E-state index in [9.17, 15) is 4.79 Å². The van der Waals surface area contributed by atoms with Crippen LogP contribution in [0.1, 0.15) is 15.9 Å². The van der Waals surface area contributed by atoms with E-state index in [4.69, 9.17) is 23.2 Å². The Morgan fingerprint density at radius 2 is 1.45 bits per heavy atom. The third kappa shape index (κ3) is 5.76. The largest absolute Gasteiger partial charge is 0.378 e. The Bertz CT molecular complexity index is 1060. The smallest absolute Gasteiger partial charge is 0.185 e. The lowest BCUT2D eigenvalue weighted by molar-refractivity contribution is 0.104. The summed E-state index contributed by atoms with van der Waals surface area (Å²) in [5, 5.41) is 9.49. The van der Waals surface area contributed by atoms with Gasteiger partial charge in [-0.15, -0.1) is 0 Å². The van der Waals surface area contributed by atoms with Gasteiger partial charge >= 0.3 is 0 Å². The summed E-state index contributed by atoms with van der Waals surface area (Å²) in [6.45, 7) is 0. The van der Waals surface area contributed by atoms with Gasteiger partial charge in [0.25, 0.3) is 0 Å². The number of halogens is 2. The molecule has 0 spiro atoms. The van der Waals surface area contributed by atoms with Crippen LogP contribution in [0.25, 0.3) is 6.08 Å². The number of carbonyl (C=O) groups excluding carboxylic acids is 1. The molecule has 0 atom stereocenters. The fraction of sp³-hybridized carbons (Fsp3) is 0.0870. The van der Waals surface area contributed by atoms with Crippen LogP contribution in [0, 0.1) is 0 Å². The summed E-state index contributed by atoms with van der Waals surface area (Å²) in [4.78, 5) is 14.4. The van der Waals surface area contributed by atoms with E-state index in [1.807, 2.05) is 43.3 Å². The second-order valence-electron chi connectivity index (χ2n) is 6.52. The SMILES string of the molecule is CN(C)c1ccc(N=Nc2ccc(C(=O)/C=C/c3ccc(Cl)cc3Cl)cc2)cc1. The highest BCUT2D eigenvalue weighted by atomic mass is 35.5. The first-order valence-corrected chi connectivity index (χ1v) is 9.64. The van der Waals surface area contributed by atoms with Gasteiger partial charge in [-0.2, -0.15) is 10.2 Å². The molecule has 146 valence electrons. The van der Waals surface area contributed by atoms with Crippen LogP contribution >= 0.6 is 23.2 Å². The van der Waals surface area contributed by atoms with E-state index >= 15 is 0 Å². The summed E-state index contributed by atoms with van der Waals surface area (Å²) in [5.74, 6) is -0.126. The first-order valence-electron chi connectivity index (χ1n) is 8.89. The van der Waals surface area contributed by atoms with Gasteiger partial charge in [-0.1, -0.05) is 29.3 Å². The van der Waals surface area contributed by atoms with Crippen LogP contribution in [0.3, 0.4) is 0 Å². The normalized spacial score (nSPS) is 11.3. The van der Waals surface area contributed by atoms with Gasteiger partial charge in [0.1, 0.15) is 0 Å². The highest BCUT2D eigenvalue weighted by Crippen LogP contribution is 2.23. The number of rotatable bonds is 6. The fourth-order valence-corrected chi connectivity index (χ4v) is 3.00. The zero-order valence-corrected chi connectivity index (χ0v) is 17.5. The molecular formula is C23H19Cl2N3O. The van der Waals surface area contributed by atoms with Crippen molar-refractivity contribution in [1.29, 1.82) is 0 Å². The summed E-state index contributed by atoms with van der Waals surface area (Å²) in [6, 6.07) is 19.9. The van der Waals surface area contributed by atoms with E-state index in [2.05, 4.69) is 10.2 Å². The molecule has 0 bridgehead atoms. The molecule has 0 fully saturated rings. The molecule has 0 saturated heterocycles. The van der Waals surface area contributed by atoms with Crippen molar-refractivity contribution in [3.8, 4) is 0 Å². The molecule has 0 radical (unpaired) electrons. The molecule has 0 aliphatic carbocycles. The number of azo groups is 1. The Labute approximate surface area is 180 Å². The van der Waals surface area contributed by atoms with Gasteiger partial charge in [-0.05, 0) is 78.4 Å². The minimum Gasteiger partial charge on any atom is -0.378 e. The Balaban J connectivity index is 1.66. The van der Waals surface area contributed by atoms with E-state index in [1.54, 1.807) is 48.5 Å². The summed E-state index contributed by atoms with van der Waals surface area (Å²) >= 11 is 12.0. The Morgan fingerprint density at radius 3 is 2.00 bits per heavy atom. The number of carbonyl (C=O) groups is 1. The molecule has 0 aliphatic rings. The van der Waals surface area contributed by atoms with E-state index in [0.29, 0.717) is 21.3 Å². The van der Waals surface area contributed by atoms with E-state index in [0.717, 1.165) is 16.9 Å². The molecule has 0 amide bonds. The lowest BCUT2D eigenvalue weighted by atomic mass is 10.1. The summed E-state index contributed by atoms with van der Waals surface area (Å²) < 4.78 is 0. The molecule has 0 unspecified atom stereocenters. The van der Waals surface area contributed by atoms with Crippen molar-refractivity contribution in [2.45, 2.75) is 0 Å². The van der Waals surface area contributed by atoms with E-state index in [1.165, 1.54) is 6.08 Å². The summed E-state index contributed by atoms with van der Waals surface area (Å²) in [5.41, 5.74) is 3.82. The molecule has 3 aromatic rings. The molecule has 4 nitrogen and oxygen atoms in total. The van der Waals surface area contributed by atoms with Crippen molar-refractivity contribution >= 4 is 52.1 Å². The monoisotopic (exact) mass is 423 g/mol. The van der Waals surface area contributed by atoms with Crippen LogP contribution < -0.4 is 4.90 Å². The molecule has 0 heterocycles. The average Bonchev–Trinajstić information content (AvgIpc) is 2.72. The van der Waals surface area contributed by atoms with Crippen LogP contribution in [0.2, 0.25) is 10.0 Å². The van der Waals surface area contributed by atoms with Crippen LogP contribution in [-0.2, 0) is 0 Å². The van der Waals surface area contributed by atoms with Crippen LogP contribution in [0.15, 0.2) is 83.0 Å². The molecule has 0 aliphatic heterocycles. The highest BCUT2D eigenvalue weighted by Gasteiger charge is 2.03. The predicted octanol–water partition coefficient (Wildman–Crippen LogP) is 7.37. The van der Waals surface area contributed by atoms with Crippen molar-refractivity contribution in [3.05, 3.63) is 94.0 Å².